The molecule has 0 saturated heterocycles. The molecule has 40 heavy (non-hydrogen) atoms. The van der Waals surface area contributed by atoms with Crippen molar-refractivity contribution in [3.05, 3.63) is 158 Å². The van der Waals surface area contributed by atoms with Gasteiger partial charge in [-0.15, -0.1) is 0 Å². The van der Waals surface area contributed by atoms with E-state index in [0.29, 0.717) is 0 Å². The second-order valence-corrected chi connectivity index (χ2v) is 9.50. The fraction of sp³-hybridized carbons (Fsp3) is 0. The molecule has 2 heterocycles. The van der Waals surface area contributed by atoms with Crippen LogP contribution in [0.15, 0.2) is 158 Å². The molecule has 0 aliphatic heterocycles. The highest BCUT2D eigenvalue weighted by atomic mass is 35.5. The van der Waals surface area contributed by atoms with Gasteiger partial charge in [0.05, 0.1) is 0 Å². The van der Waals surface area contributed by atoms with E-state index in [1.807, 2.05) is 12.1 Å². The fourth-order valence-electron chi connectivity index (χ4n) is 5.48. The van der Waals surface area contributed by atoms with Crippen molar-refractivity contribution in [2.45, 2.75) is 0 Å². The van der Waals surface area contributed by atoms with Crippen LogP contribution in [0.5, 0.6) is 0 Å². The molecule has 0 aliphatic carbocycles. The van der Waals surface area contributed by atoms with Gasteiger partial charge in [0.25, 0.3) is 0 Å². The maximum Gasteiger partial charge on any atom is 0.210 e. The highest BCUT2D eigenvalue weighted by molar-refractivity contribution is 6.21. The van der Waals surface area contributed by atoms with Gasteiger partial charge in [0, 0.05) is 48.5 Å². The molecule has 0 fully saturated rings. The van der Waals surface area contributed by atoms with Crippen molar-refractivity contribution < 1.29 is 33.9 Å². The topological polar surface area (TPSA) is 7.76 Å². The lowest BCUT2D eigenvalue weighted by atomic mass is 9.86. The Balaban J connectivity index is 0.00000161. The Kier molecular flexibility index (Phi) is 7.93. The third-order valence-electron chi connectivity index (χ3n) is 7.28. The largest absolute Gasteiger partial charge is 1.00 e. The molecule has 0 unspecified atom stereocenters. The molecule has 194 valence electrons. The van der Waals surface area contributed by atoms with Gasteiger partial charge in [0.2, 0.25) is 11.4 Å². The molecule has 0 amide bonds. The van der Waals surface area contributed by atoms with Crippen LogP contribution in [-0.4, -0.2) is 0 Å². The molecule has 4 heteroatoms. The third kappa shape index (κ3) is 4.84. The van der Waals surface area contributed by atoms with Crippen LogP contribution >= 0.6 is 0 Å². The Bertz CT molecular complexity index is 1690. The minimum Gasteiger partial charge on any atom is -1.00 e. The number of benzene rings is 5. The second-order valence-electron chi connectivity index (χ2n) is 9.50. The third-order valence-corrected chi connectivity index (χ3v) is 7.28. The quantitative estimate of drug-likeness (QED) is 0.231. The Hall–Kier alpha value is -4.50. The van der Waals surface area contributed by atoms with Gasteiger partial charge < -0.3 is 24.8 Å². The number of hydrogen-bond donors (Lipinski definition) is 0. The first kappa shape index (κ1) is 27.1. The minimum absolute atomic E-state index is 0. The highest BCUT2D eigenvalue weighted by Gasteiger charge is 2.18. The first-order valence-electron chi connectivity index (χ1n) is 12.9. The lowest BCUT2D eigenvalue weighted by molar-refractivity contribution is -0.595. The van der Waals surface area contributed by atoms with Gasteiger partial charge in [-0.2, -0.15) is 9.13 Å². The van der Waals surface area contributed by atoms with E-state index in [9.17, 15) is 0 Å². The number of fused-ring (bicyclic) bond motifs is 2. The van der Waals surface area contributed by atoms with Crippen molar-refractivity contribution in [2.24, 2.45) is 0 Å². The predicted molar refractivity (Wildman–Crippen MR) is 155 cm³/mol. The SMILES string of the molecule is [Cl-].[Cl-].c1ccc(-[n+]2ccc(-c3c4ccccc4c(-c4cc[n+](-c5ccccc5)cc4)c4ccccc34)cc2)cc1. The molecule has 5 aromatic carbocycles. The number of pyridine rings is 2. The van der Waals surface area contributed by atoms with Crippen LogP contribution in [0.1, 0.15) is 0 Å². The lowest BCUT2D eigenvalue weighted by Gasteiger charge is -2.17. The van der Waals surface area contributed by atoms with Gasteiger partial charge in [-0.3, -0.25) is 0 Å². The Morgan fingerprint density at radius 3 is 0.875 bits per heavy atom. The van der Waals surface area contributed by atoms with Gasteiger partial charge in [-0.25, -0.2) is 0 Å². The van der Waals surface area contributed by atoms with Crippen molar-refractivity contribution in [3.8, 4) is 33.6 Å². The lowest BCUT2D eigenvalue weighted by Crippen LogP contribution is -3.00. The maximum absolute atomic E-state index is 2.26. The van der Waals surface area contributed by atoms with Crippen LogP contribution in [0.2, 0.25) is 0 Å². The molecule has 2 nitrogen and oxygen atoms in total. The predicted octanol–water partition coefficient (Wildman–Crippen LogP) is 1.89. The summed E-state index contributed by atoms with van der Waals surface area (Å²) in [6.07, 6.45) is 8.62. The van der Waals surface area contributed by atoms with E-state index < -0.39 is 0 Å². The summed E-state index contributed by atoms with van der Waals surface area (Å²) in [5.41, 5.74) is 7.28. The first-order valence-corrected chi connectivity index (χ1v) is 12.9. The van der Waals surface area contributed by atoms with Gasteiger partial charge in [-0.1, -0.05) is 84.9 Å². The fourth-order valence-corrected chi connectivity index (χ4v) is 5.48. The van der Waals surface area contributed by atoms with Crippen molar-refractivity contribution in [2.75, 3.05) is 0 Å². The van der Waals surface area contributed by atoms with Crippen LogP contribution in [0, 0.1) is 0 Å². The molecule has 0 spiro atoms. The Morgan fingerprint density at radius 1 is 0.300 bits per heavy atom. The van der Waals surface area contributed by atoms with E-state index in [4.69, 9.17) is 0 Å². The van der Waals surface area contributed by atoms with Crippen LogP contribution in [-0.2, 0) is 0 Å². The molecule has 7 aromatic rings. The van der Waals surface area contributed by atoms with Crippen molar-refractivity contribution in [1.82, 2.24) is 0 Å². The smallest absolute Gasteiger partial charge is 0.210 e. The summed E-state index contributed by atoms with van der Waals surface area (Å²) < 4.78 is 4.32. The van der Waals surface area contributed by atoms with Gasteiger partial charge >= 0.3 is 0 Å². The number of hydrogen-bond acceptors (Lipinski definition) is 0. The number of aromatic nitrogens is 2. The summed E-state index contributed by atoms with van der Waals surface area (Å²) in [6, 6.07) is 47.4. The van der Waals surface area contributed by atoms with Crippen molar-refractivity contribution in [1.29, 1.82) is 0 Å². The number of para-hydroxylation sites is 2. The summed E-state index contributed by atoms with van der Waals surface area (Å²) in [5.74, 6) is 0. The average molecular weight is 558 g/mol. The second kappa shape index (κ2) is 11.7. The summed E-state index contributed by atoms with van der Waals surface area (Å²) in [4.78, 5) is 0. The maximum atomic E-state index is 2.26. The van der Waals surface area contributed by atoms with Crippen LogP contribution in [0.3, 0.4) is 0 Å². The van der Waals surface area contributed by atoms with Crippen molar-refractivity contribution >= 4 is 21.5 Å². The zero-order valence-electron chi connectivity index (χ0n) is 21.7. The molecule has 0 saturated carbocycles. The summed E-state index contributed by atoms with van der Waals surface area (Å²) >= 11 is 0. The Labute approximate surface area is 246 Å². The molecule has 0 aliphatic rings. The first-order chi connectivity index (χ1) is 18.9. The van der Waals surface area contributed by atoms with E-state index >= 15 is 0 Å². The average Bonchev–Trinajstić information content (AvgIpc) is 3.01. The number of halogens is 2. The molecule has 0 atom stereocenters. The van der Waals surface area contributed by atoms with E-state index in [2.05, 4.69) is 155 Å². The Morgan fingerprint density at radius 2 is 0.575 bits per heavy atom. The zero-order valence-corrected chi connectivity index (χ0v) is 23.2. The molecule has 0 N–H and O–H groups in total. The van der Waals surface area contributed by atoms with Crippen LogP contribution in [0.25, 0.3) is 55.2 Å². The summed E-state index contributed by atoms with van der Waals surface area (Å²) in [6.45, 7) is 0. The van der Waals surface area contributed by atoms with E-state index in [1.54, 1.807) is 0 Å². The van der Waals surface area contributed by atoms with Gasteiger partial charge in [0.15, 0.2) is 24.8 Å². The molecule has 0 radical (unpaired) electrons. The van der Waals surface area contributed by atoms with Crippen LogP contribution in [0.4, 0.5) is 0 Å². The normalized spacial score (nSPS) is 10.6. The van der Waals surface area contributed by atoms with Gasteiger partial charge in [0.1, 0.15) is 0 Å². The summed E-state index contributed by atoms with van der Waals surface area (Å²) in [5, 5.41) is 5.05. The highest BCUT2D eigenvalue weighted by Crippen LogP contribution is 2.43. The standard InChI is InChI=1S/C36H26N2.2ClH/c1-3-11-29(12-4-1)37-23-19-27(20-24-37)35-31-15-7-9-17-33(31)36(34-18-10-8-16-32(34)35)28-21-25-38(26-22-28)30-13-5-2-6-14-30;;/h1-26H;2*1H/q+2;;/p-2. The molecular formula is C36H26Cl2N2. The molecule has 2 aromatic heterocycles. The number of rotatable bonds is 4. The molecule has 0 bridgehead atoms. The van der Waals surface area contributed by atoms with Gasteiger partial charge in [-0.05, 0) is 43.8 Å². The number of nitrogens with zero attached hydrogens (tertiary/aromatic N) is 2. The van der Waals surface area contributed by atoms with Crippen LogP contribution < -0.4 is 33.9 Å². The van der Waals surface area contributed by atoms with E-state index in [0.717, 1.165) is 11.4 Å². The zero-order chi connectivity index (χ0) is 25.3. The van der Waals surface area contributed by atoms with E-state index in [-0.39, 0.29) is 24.8 Å². The molecular weight excluding hydrogens is 531 g/mol. The summed E-state index contributed by atoms with van der Waals surface area (Å²) in [7, 11) is 0. The van der Waals surface area contributed by atoms with E-state index in [1.165, 1.54) is 43.8 Å². The monoisotopic (exact) mass is 556 g/mol. The van der Waals surface area contributed by atoms with Crippen molar-refractivity contribution in [3.63, 3.8) is 0 Å². The minimum atomic E-state index is 0. The molecule has 7 rings (SSSR count).